The Kier molecular flexibility index (Phi) is 8.39. The average molecular weight is 537 g/mol. The lowest BCUT2D eigenvalue weighted by molar-refractivity contribution is -0.274. The maximum absolute atomic E-state index is 13.7. The highest BCUT2D eigenvalue weighted by Crippen LogP contribution is 2.31. The van der Waals surface area contributed by atoms with Gasteiger partial charge >= 0.3 is 18.4 Å². The molecular formula is C25H23F4N3O6. The molecule has 0 spiro atoms. The largest absolute Gasteiger partial charge is 0.573 e. The number of hydrogen-bond donors (Lipinski definition) is 3. The summed E-state index contributed by atoms with van der Waals surface area (Å²) in [6, 6.07) is 5.13. The minimum Gasteiger partial charge on any atom is -0.481 e. The topological polar surface area (TPSA) is 125 Å². The first kappa shape index (κ1) is 28.2. The number of urea groups is 1. The summed E-state index contributed by atoms with van der Waals surface area (Å²) in [6.07, 6.45) is -4.42. The molecule has 0 aliphatic carbocycles. The number of ketones is 1. The Morgan fingerprint density at radius 3 is 2.47 bits per heavy atom. The smallest absolute Gasteiger partial charge is 0.481 e. The van der Waals surface area contributed by atoms with Gasteiger partial charge < -0.3 is 25.4 Å². The minimum atomic E-state index is -4.93. The molecule has 0 saturated carbocycles. The Morgan fingerprint density at radius 1 is 1.13 bits per heavy atom. The first-order valence-corrected chi connectivity index (χ1v) is 11.1. The number of amides is 3. The van der Waals surface area contributed by atoms with Gasteiger partial charge in [0.2, 0.25) is 0 Å². The van der Waals surface area contributed by atoms with E-state index in [0.717, 1.165) is 12.1 Å². The number of nitrogens with zero attached hydrogens (tertiary/aromatic N) is 1. The number of aliphatic carboxylic acids is 1. The number of halogens is 4. The lowest BCUT2D eigenvalue weighted by Gasteiger charge is -2.28. The van der Waals surface area contributed by atoms with Crippen LogP contribution in [0, 0.1) is 0 Å². The molecule has 13 heteroatoms. The minimum absolute atomic E-state index is 0.0668. The number of carbonyl (C=O) groups excluding carboxylic acids is 3. The molecule has 1 heterocycles. The van der Waals surface area contributed by atoms with Crippen LogP contribution < -0.4 is 15.4 Å². The predicted octanol–water partition coefficient (Wildman–Crippen LogP) is 3.85. The fourth-order valence-electron chi connectivity index (χ4n) is 3.80. The Morgan fingerprint density at radius 2 is 1.84 bits per heavy atom. The average Bonchev–Trinajstić information content (AvgIpc) is 2.83. The van der Waals surface area contributed by atoms with Gasteiger partial charge in [0.05, 0.1) is 12.5 Å². The quantitative estimate of drug-likeness (QED) is 0.347. The van der Waals surface area contributed by atoms with E-state index in [0.29, 0.717) is 5.70 Å². The zero-order valence-corrected chi connectivity index (χ0v) is 20.1. The molecule has 3 rings (SSSR count). The van der Waals surface area contributed by atoms with Crippen molar-refractivity contribution in [1.82, 2.24) is 15.5 Å². The number of carboxylic acid groups (broad SMARTS) is 1. The fourth-order valence-corrected chi connectivity index (χ4v) is 3.80. The van der Waals surface area contributed by atoms with E-state index < -0.39 is 61.0 Å². The van der Waals surface area contributed by atoms with E-state index in [1.54, 1.807) is 0 Å². The highest BCUT2D eigenvalue weighted by molar-refractivity contribution is 6.15. The molecule has 0 radical (unpaired) electrons. The molecule has 1 aliphatic rings. The van der Waals surface area contributed by atoms with Crippen LogP contribution in [0.25, 0.3) is 11.1 Å². The second-order valence-corrected chi connectivity index (χ2v) is 8.46. The number of ether oxygens (including phenoxy) is 1. The summed E-state index contributed by atoms with van der Waals surface area (Å²) in [5.74, 6) is -3.20. The molecule has 2 unspecified atom stereocenters. The summed E-state index contributed by atoms with van der Waals surface area (Å²) in [7, 11) is 1.42. The third kappa shape index (κ3) is 7.08. The molecule has 0 bridgehead atoms. The van der Waals surface area contributed by atoms with Crippen LogP contribution in [-0.2, 0) is 21.1 Å². The van der Waals surface area contributed by atoms with Crippen molar-refractivity contribution in [2.45, 2.75) is 38.5 Å². The Bertz CT molecular complexity index is 1290. The third-order valence-corrected chi connectivity index (χ3v) is 5.67. The lowest BCUT2D eigenvalue weighted by Crippen LogP contribution is -2.56. The molecule has 1 aliphatic heterocycles. The molecule has 2 aromatic rings. The molecule has 0 fully saturated rings. The maximum atomic E-state index is 13.7. The number of allylic oxidation sites excluding steroid dienone is 1. The van der Waals surface area contributed by atoms with Crippen LogP contribution >= 0.6 is 0 Å². The van der Waals surface area contributed by atoms with Crippen molar-refractivity contribution in [3.05, 3.63) is 65.4 Å². The van der Waals surface area contributed by atoms with Gasteiger partial charge in [-0.05, 0) is 53.4 Å². The van der Waals surface area contributed by atoms with E-state index in [4.69, 9.17) is 0 Å². The third-order valence-electron chi connectivity index (χ3n) is 5.67. The summed E-state index contributed by atoms with van der Waals surface area (Å²) in [4.78, 5) is 50.1. The standard InChI is InChI=1S/C25H23F4N3O6/c1-13-6-20(33)22(23(36)32(13)2)31-24(37)30-19(11-21(34)35)17-8-14(12-26)7-16(9-17)15-4-3-5-18(10-15)38-25(27,28)29/h3-10,19,22H,11-12H2,1-2H3,(H,34,35)(H2,30,31,37). The van der Waals surface area contributed by atoms with Crippen LogP contribution in [0.3, 0.4) is 0 Å². The van der Waals surface area contributed by atoms with Crippen LogP contribution in [0.2, 0.25) is 0 Å². The van der Waals surface area contributed by atoms with E-state index in [1.165, 1.54) is 55.3 Å². The fraction of sp³-hybridized carbons (Fsp3) is 0.280. The Balaban J connectivity index is 1.91. The zero-order valence-electron chi connectivity index (χ0n) is 20.1. The van der Waals surface area contributed by atoms with Gasteiger partial charge in [-0.3, -0.25) is 14.4 Å². The van der Waals surface area contributed by atoms with Crippen molar-refractivity contribution in [3.63, 3.8) is 0 Å². The van der Waals surface area contributed by atoms with Gasteiger partial charge in [-0.2, -0.15) is 0 Å². The summed E-state index contributed by atoms with van der Waals surface area (Å²) in [5, 5.41) is 14.0. The van der Waals surface area contributed by atoms with Gasteiger partial charge in [-0.25, -0.2) is 9.18 Å². The van der Waals surface area contributed by atoms with Gasteiger partial charge in [0, 0.05) is 18.8 Å². The number of carboxylic acids is 1. The first-order valence-electron chi connectivity index (χ1n) is 11.1. The van der Waals surface area contributed by atoms with E-state index in [2.05, 4.69) is 15.4 Å². The maximum Gasteiger partial charge on any atom is 0.573 e. The highest BCUT2D eigenvalue weighted by atomic mass is 19.4. The summed E-state index contributed by atoms with van der Waals surface area (Å²) in [5.41, 5.74) is 1.02. The van der Waals surface area contributed by atoms with Crippen molar-refractivity contribution in [3.8, 4) is 16.9 Å². The molecule has 9 nitrogen and oxygen atoms in total. The van der Waals surface area contributed by atoms with Crippen LogP contribution in [0.5, 0.6) is 5.75 Å². The van der Waals surface area contributed by atoms with Crippen molar-refractivity contribution in [2.24, 2.45) is 0 Å². The van der Waals surface area contributed by atoms with Crippen molar-refractivity contribution in [1.29, 1.82) is 0 Å². The van der Waals surface area contributed by atoms with Gasteiger partial charge in [-0.1, -0.05) is 18.2 Å². The van der Waals surface area contributed by atoms with Gasteiger partial charge in [0.25, 0.3) is 5.91 Å². The normalized spacial score (nSPS) is 16.5. The van der Waals surface area contributed by atoms with E-state index in [-0.39, 0.29) is 22.3 Å². The molecule has 2 aromatic carbocycles. The summed E-state index contributed by atoms with van der Waals surface area (Å²) in [6.45, 7) is 0.546. The van der Waals surface area contributed by atoms with Crippen molar-refractivity contribution >= 4 is 23.7 Å². The van der Waals surface area contributed by atoms with Crippen LogP contribution in [0.1, 0.15) is 30.5 Å². The van der Waals surface area contributed by atoms with E-state index >= 15 is 0 Å². The number of likely N-dealkylation sites (N-methyl/N-ethyl adjacent to an activating group) is 1. The monoisotopic (exact) mass is 537 g/mol. The van der Waals surface area contributed by atoms with Gasteiger partial charge in [0.1, 0.15) is 12.4 Å². The number of carbonyl (C=O) groups is 4. The zero-order chi connectivity index (χ0) is 28.2. The van der Waals surface area contributed by atoms with Crippen LogP contribution in [0.4, 0.5) is 22.4 Å². The van der Waals surface area contributed by atoms with Crippen molar-refractivity contribution in [2.75, 3.05) is 7.05 Å². The molecule has 2 atom stereocenters. The predicted molar refractivity (Wildman–Crippen MR) is 125 cm³/mol. The molecule has 38 heavy (non-hydrogen) atoms. The SMILES string of the molecule is CC1=CC(=O)C(NC(=O)NC(CC(=O)O)c2cc(CF)cc(-c3cccc(OC(F)(F)F)c3)c2)C(=O)N1C. The second kappa shape index (κ2) is 11.3. The summed E-state index contributed by atoms with van der Waals surface area (Å²) < 4.78 is 55.5. The Labute approximate surface area is 214 Å². The summed E-state index contributed by atoms with van der Waals surface area (Å²) >= 11 is 0. The van der Waals surface area contributed by atoms with E-state index in [9.17, 15) is 41.8 Å². The molecule has 3 amide bonds. The van der Waals surface area contributed by atoms with Crippen LogP contribution in [0.15, 0.2) is 54.2 Å². The molecule has 0 saturated heterocycles. The second-order valence-electron chi connectivity index (χ2n) is 8.46. The molecule has 0 aromatic heterocycles. The molecule has 202 valence electrons. The molecule has 3 N–H and O–H groups in total. The first-order chi connectivity index (χ1) is 17.8. The van der Waals surface area contributed by atoms with Crippen molar-refractivity contribution < 1.29 is 46.6 Å². The van der Waals surface area contributed by atoms with Gasteiger partial charge in [-0.15, -0.1) is 13.2 Å². The molecular weight excluding hydrogens is 514 g/mol. The number of benzene rings is 2. The Hall–Kier alpha value is -4.42. The van der Waals surface area contributed by atoms with E-state index in [1.807, 2.05) is 0 Å². The highest BCUT2D eigenvalue weighted by Gasteiger charge is 2.35. The van der Waals surface area contributed by atoms with Crippen LogP contribution in [-0.4, -0.2) is 53.1 Å². The lowest BCUT2D eigenvalue weighted by atomic mass is 9.95. The number of rotatable bonds is 8. The number of alkyl halides is 4. The van der Waals surface area contributed by atoms with Gasteiger partial charge in [0.15, 0.2) is 11.8 Å². The number of nitrogens with one attached hydrogen (secondary N) is 2. The number of hydrogen-bond acceptors (Lipinski definition) is 5.